The van der Waals surface area contributed by atoms with Gasteiger partial charge in [-0.05, 0) is 18.2 Å². The summed E-state index contributed by atoms with van der Waals surface area (Å²) in [6.07, 6.45) is 1.17. The normalized spacial score (nSPS) is 14.9. The van der Waals surface area contributed by atoms with Crippen LogP contribution >= 0.6 is 23.2 Å². The van der Waals surface area contributed by atoms with Crippen LogP contribution in [0.4, 0.5) is 5.69 Å². The number of hydrogen-bond acceptors (Lipinski definition) is 4. The fourth-order valence-corrected chi connectivity index (χ4v) is 2.22. The Morgan fingerprint density at radius 1 is 1.16 bits per heavy atom. The number of nitrogens with one attached hydrogen (secondary N) is 1. The molecule has 0 radical (unpaired) electrons. The Morgan fingerprint density at radius 3 is 2.37 bits per heavy atom. The molecular formula is C12H10Cl2N2O3. The summed E-state index contributed by atoms with van der Waals surface area (Å²) in [5.74, 6) is -0.954. The van der Waals surface area contributed by atoms with Crippen LogP contribution in [0.3, 0.4) is 0 Å². The van der Waals surface area contributed by atoms with E-state index in [0.717, 1.165) is 4.90 Å². The zero-order valence-corrected chi connectivity index (χ0v) is 11.2. The van der Waals surface area contributed by atoms with Crippen molar-refractivity contribution in [2.24, 2.45) is 0 Å². The summed E-state index contributed by atoms with van der Waals surface area (Å²) < 4.78 is 0. The molecule has 1 aliphatic rings. The highest BCUT2D eigenvalue weighted by Gasteiger charge is 2.30. The van der Waals surface area contributed by atoms with Crippen molar-refractivity contribution in [1.29, 1.82) is 0 Å². The standard InChI is InChI=1S/C12H10Cl2N2O3/c13-7-3-8(14)5-9(4-7)15-10-6-11(18)16(1-2-17)12(10)19/h3-6,15,17H,1-2H2. The largest absolute Gasteiger partial charge is 0.395 e. The summed E-state index contributed by atoms with van der Waals surface area (Å²) in [5.41, 5.74) is 0.632. The number of carbonyl (C=O) groups excluding carboxylic acids is 2. The molecule has 5 nitrogen and oxygen atoms in total. The van der Waals surface area contributed by atoms with Crippen LogP contribution in [0.1, 0.15) is 0 Å². The summed E-state index contributed by atoms with van der Waals surface area (Å²) in [5, 5.41) is 12.4. The quantitative estimate of drug-likeness (QED) is 0.830. The maximum Gasteiger partial charge on any atom is 0.277 e. The van der Waals surface area contributed by atoms with Crippen molar-refractivity contribution in [3.8, 4) is 0 Å². The lowest BCUT2D eigenvalue weighted by Crippen LogP contribution is -2.34. The van der Waals surface area contributed by atoms with Gasteiger partial charge in [0, 0.05) is 21.8 Å². The van der Waals surface area contributed by atoms with E-state index in [4.69, 9.17) is 28.3 Å². The van der Waals surface area contributed by atoms with Crippen LogP contribution in [0.2, 0.25) is 10.0 Å². The Kier molecular flexibility index (Phi) is 4.09. The minimum absolute atomic E-state index is 0.0321. The SMILES string of the molecule is O=C1C=C(Nc2cc(Cl)cc(Cl)c2)C(=O)N1CCO. The number of amides is 2. The molecule has 0 saturated heterocycles. The molecule has 2 N–H and O–H groups in total. The van der Waals surface area contributed by atoms with Gasteiger partial charge in [-0.15, -0.1) is 0 Å². The molecule has 0 unspecified atom stereocenters. The van der Waals surface area contributed by atoms with Crippen LogP contribution in [0.5, 0.6) is 0 Å². The minimum atomic E-state index is -0.491. The zero-order chi connectivity index (χ0) is 14.0. The maximum atomic E-state index is 11.9. The number of aliphatic hydroxyl groups is 1. The fourth-order valence-electron chi connectivity index (χ4n) is 1.69. The Hall–Kier alpha value is -1.56. The number of carbonyl (C=O) groups is 2. The minimum Gasteiger partial charge on any atom is -0.395 e. The van der Waals surface area contributed by atoms with Crippen LogP contribution in [0.25, 0.3) is 0 Å². The molecule has 0 aromatic heterocycles. The summed E-state index contributed by atoms with van der Waals surface area (Å²) >= 11 is 11.7. The summed E-state index contributed by atoms with van der Waals surface area (Å²) in [7, 11) is 0. The Balaban J connectivity index is 2.18. The van der Waals surface area contributed by atoms with Gasteiger partial charge in [0.15, 0.2) is 0 Å². The first-order valence-electron chi connectivity index (χ1n) is 5.43. The van der Waals surface area contributed by atoms with E-state index in [9.17, 15) is 9.59 Å². The van der Waals surface area contributed by atoms with E-state index in [0.29, 0.717) is 15.7 Å². The highest BCUT2D eigenvalue weighted by molar-refractivity contribution is 6.35. The maximum absolute atomic E-state index is 11.9. The molecule has 1 aromatic rings. The highest BCUT2D eigenvalue weighted by Crippen LogP contribution is 2.24. The molecule has 1 heterocycles. The van der Waals surface area contributed by atoms with Gasteiger partial charge in [0.2, 0.25) is 0 Å². The molecular weight excluding hydrogens is 291 g/mol. The van der Waals surface area contributed by atoms with Gasteiger partial charge in [0.05, 0.1) is 13.2 Å². The monoisotopic (exact) mass is 300 g/mol. The van der Waals surface area contributed by atoms with E-state index in [-0.39, 0.29) is 18.8 Å². The third-order valence-corrected chi connectivity index (χ3v) is 2.91. The number of halogens is 2. The lowest BCUT2D eigenvalue weighted by Gasteiger charge is -2.13. The van der Waals surface area contributed by atoms with Crippen molar-refractivity contribution >= 4 is 40.7 Å². The first-order chi connectivity index (χ1) is 9.01. The van der Waals surface area contributed by atoms with E-state index in [1.54, 1.807) is 18.2 Å². The molecule has 0 aliphatic carbocycles. The van der Waals surface area contributed by atoms with Gasteiger partial charge in [-0.2, -0.15) is 0 Å². The van der Waals surface area contributed by atoms with E-state index in [1.165, 1.54) is 6.08 Å². The summed E-state index contributed by atoms with van der Waals surface area (Å²) in [6.45, 7) is -0.308. The molecule has 1 aromatic carbocycles. The number of aliphatic hydroxyl groups excluding tert-OH is 1. The predicted molar refractivity (Wildman–Crippen MR) is 72.0 cm³/mol. The Labute approximate surface area is 119 Å². The van der Waals surface area contributed by atoms with Gasteiger partial charge in [0.1, 0.15) is 5.70 Å². The number of rotatable bonds is 4. The van der Waals surface area contributed by atoms with E-state index >= 15 is 0 Å². The van der Waals surface area contributed by atoms with E-state index < -0.39 is 11.8 Å². The number of imide groups is 1. The average Bonchev–Trinajstić information content (AvgIpc) is 2.56. The van der Waals surface area contributed by atoms with E-state index in [1.807, 2.05) is 0 Å². The lowest BCUT2D eigenvalue weighted by molar-refractivity contribution is -0.137. The van der Waals surface area contributed by atoms with Crippen molar-refractivity contribution in [2.75, 3.05) is 18.5 Å². The molecule has 1 aliphatic heterocycles. The van der Waals surface area contributed by atoms with E-state index in [2.05, 4.69) is 5.32 Å². The molecule has 0 fully saturated rings. The van der Waals surface area contributed by atoms with Crippen molar-refractivity contribution in [2.45, 2.75) is 0 Å². The molecule has 2 rings (SSSR count). The first kappa shape index (κ1) is 13.9. The van der Waals surface area contributed by atoms with Crippen molar-refractivity contribution in [1.82, 2.24) is 4.90 Å². The second kappa shape index (κ2) is 5.61. The topological polar surface area (TPSA) is 69.6 Å². The molecule has 0 atom stereocenters. The predicted octanol–water partition coefficient (Wildman–Crippen LogP) is 1.65. The second-order valence-electron chi connectivity index (χ2n) is 3.86. The molecule has 2 amide bonds. The molecule has 0 saturated carbocycles. The van der Waals surface area contributed by atoms with Gasteiger partial charge in [-0.25, -0.2) is 0 Å². The smallest absolute Gasteiger partial charge is 0.277 e. The van der Waals surface area contributed by atoms with Gasteiger partial charge in [-0.1, -0.05) is 23.2 Å². The Morgan fingerprint density at radius 2 is 1.79 bits per heavy atom. The summed E-state index contributed by atoms with van der Waals surface area (Å²) in [4.78, 5) is 24.4. The molecule has 0 bridgehead atoms. The van der Waals surface area contributed by atoms with Gasteiger partial charge in [-0.3, -0.25) is 14.5 Å². The third-order valence-electron chi connectivity index (χ3n) is 2.47. The molecule has 0 spiro atoms. The molecule has 7 heteroatoms. The van der Waals surface area contributed by atoms with Crippen LogP contribution in [-0.2, 0) is 9.59 Å². The van der Waals surface area contributed by atoms with Crippen LogP contribution < -0.4 is 5.32 Å². The average molecular weight is 301 g/mol. The van der Waals surface area contributed by atoms with Crippen molar-refractivity contribution in [3.05, 3.63) is 40.0 Å². The summed E-state index contributed by atoms with van der Waals surface area (Å²) in [6, 6.07) is 4.73. The Bertz CT molecular complexity index is 552. The van der Waals surface area contributed by atoms with Gasteiger partial charge >= 0.3 is 0 Å². The number of hydrogen-bond donors (Lipinski definition) is 2. The highest BCUT2D eigenvalue weighted by atomic mass is 35.5. The number of β-amino-alcohol motifs (C(OH)–C–C–N with tert-alkyl or cyclic N) is 1. The van der Waals surface area contributed by atoms with Crippen LogP contribution in [0.15, 0.2) is 30.0 Å². The number of benzene rings is 1. The van der Waals surface area contributed by atoms with Crippen LogP contribution in [0, 0.1) is 0 Å². The van der Waals surface area contributed by atoms with Gasteiger partial charge < -0.3 is 10.4 Å². The molecule has 100 valence electrons. The number of nitrogens with zero attached hydrogens (tertiary/aromatic N) is 1. The third kappa shape index (κ3) is 3.07. The molecule has 19 heavy (non-hydrogen) atoms. The lowest BCUT2D eigenvalue weighted by atomic mass is 10.3. The first-order valence-corrected chi connectivity index (χ1v) is 6.18. The van der Waals surface area contributed by atoms with Crippen molar-refractivity contribution in [3.63, 3.8) is 0 Å². The second-order valence-corrected chi connectivity index (χ2v) is 4.73. The zero-order valence-electron chi connectivity index (χ0n) is 9.69. The number of anilines is 1. The van der Waals surface area contributed by atoms with Crippen molar-refractivity contribution < 1.29 is 14.7 Å². The fraction of sp³-hybridized carbons (Fsp3) is 0.167. The van der Waals surface area contributed by atoms with Gasteiger partial charge in [0.25, 0.3) is 11.8 Å². The van der Waals surface area contributed by atoms with Crippen LogP contribution in [-0.4, -0.2) is 35.0 Å².